The van der Waals surface area contributed by atoms with Crippen LogP contribution in [0.2, 0.25) is 0 Å². The van der Waals surface area contributed by atoms with Crippen LogP contribution in [0.25, 0.3) is 0 Å². The van der Waals surface area contributed by atoms with E-state index in [4.69, 9.17) is 4.74 Å². The summed E-state index contributed by atoms with van der Waals surface area (Å²) in [5, 5.41) is 1.07. The molecule has 1 aromatic heterocycles. The molecular weight excluding hydrogens is 278 g/mol. The SMILES string of the molecule is CCc1nc(C)ccc1OCCC(C)CCBr. The van der Waals surface area contributed by atoms with Gasteiger partial charge in [0.15, 0.2) is 0 Å². The second-order valence-corrected chi connectivity index (χ2v) is 5.26. The van der Waals surface area contributed by atoms with Crippen LogP contribution >= 0.6 is 15.9 Å². The van der Waals surface area contributed by atoms with Crippen LogP contribution in [0.15, 0.2) is 12.1 Å². The van der Waals surface area contributed by atoms with Crippen LogP contribution in [0.1, 0.15) is 38.1 Å². The molecule has 1 rings (SSSR count). The fourth-order valence-electron chi connectivity index (χ4n) is 1.68. The average Bonchev–Trinajstić information content (AvgIpc) is 2.31. The number of alkyl halides is 1. The third kappa shape index (κ3) is 5.07. The lowest BCUT2D eigenvalue weighted by Crippen LogP contribution is -2.06. The topological polar surface area (TPSA) is 22.1 Å². The van der Waals surface area contributed by atoms with Crippen LogP contribution in [-0.4, -0.2) is 16.9 Å². The summed E-state index contributed by atoms with van der Waals surface area (Å²) in [6.45, 7) is 7.17. The molecular formula is C14H22BrNO. The second kappa shape index (κ2) is 7.70. The summed E-state index contributed by atoms with van der Waals surface area (Å²) in [4.78, 5) is 4.49. The maximum Gasteiger partial charge on any atom is 0.140 e. The van der Waals surface area contributed by atoms with Gasteiger partial charge in [0, 0.05) is 11.0 Å². The fraction of sp³-hybridized carbons (Fsp3) is 0.643. The van der Waals surface area contributed by atoms with E-state index in [-0.39, 0.29) is 0 Å². The number of hydrogen-bond donors (Lipinski definition) is 0. The van der Waals surface area contributed by atoms with Crippen molar-refractivity contribution in [3.63, 3.8) is 0 Å². The number of aryl methyl sites for hydroxylation is 2. The van der Waals surface area contributed by atoms with Crippen molar-refractivity contribution in [2.45, 2.75) is 40.0 Å². The van der Waals surface area contributed by atoms with Gasteiger partial charge in [0.05, 0.1) is 12.3 Å². The van der Waals surface area contributed by atoms with Gasteiger partial charge in [-0.3, -0.25) is 4.98 Å². The summed E-state index contributed by atoms with van der Waals surface area (Å²) in [5.41, 5.74) is 2.13. The number of aromatic nitrogens is 1. The molecule has 1 aromatic rings. The van der Waals surface area contributed by atoms with E-state index in [9.17, 15) is 0 Å². The van der Waals surface area contributed by atoms with Crippen LogP contribution in [0.3, 0.4) is 0 Å². The zero-order valence-electron chi connectivity index (χ0n) is 11.0. The maximum atomic E-state index is 5.82. The van der Waals surface area contributed by atoms with Crippen LogP contribution < -0.4 is 4.74 Å². The number of hydrogen-bond acceptors (Lipinski definition) is 2. The minimum absolute atomic E-state index is 0.706. The van der Waals surface area contributed by atoms with Gasteiger partial charge in [-0.1, -0.05) is 29.8 Å². The van der Waals surface area contributed by atoms with Crippen molar-refractivity contribution in [1.29, 1.82) is 0 Å². The predicted molar refractivity (Wildman–Crippen MR) is 76.0 cm³/mol. The first-order valence-corrected chi connectivity index (χ1v) is 7.44. The van der Waals surface area contributed by atoms with Gasteiger partial charge in [-0.15, -0.1) is 0 Å². The highest BCUT2D eigenvalue weighted by atomic mass is 79.9. The molecule has 0 aliphatic rings. The van der Waals surface area contributed by atoms with Crippen LogP contribution in [0, 0.1) is 12.8 Å². The molecule has 3 heteroatoms. The van der Waals surface area contributed by atoms with E-state index in [2.05, 4.69) is 34.8 Å². The molecule has 1 heterocycles. The molecule has 0 aromatic carbocycles. The molecule has 0 fully saturated rings. The van der Waals surface area contributed by atoms with Crippen LogP contribution in [0.5, 0.6) is 5.75 Å². The Labute approximate surface area is 113 Å². The Morgan fingerprint density at radius 2 is 2.12 bits per heavy atom. The first-order chi connectivity index (χ1) is 8.17. The Balaban J connectivity index is 2.46. The Kier molecular flexibility index (Phi) is 6.56. The van der Waals surface area contributed by atoms with Gasteiger partial charge >= 0.3 is 0 Å². The minimum atomic E-state index is 0.706. The fourth-order valence-corrected chi connectivity index (χ4v) is 2.46. The molecule has 0 saturated heterocycles. The van der Waals surface area contributed by atoms with E-state index < -0.39 is 0 Å². The molecule has 0 aliphatic carbocycles. The van der Waals surface area contributed by atoms with E-state index in [0.717, 1.165) is 41.9 Å². The lowest BCUT2D eigenvalue weighted by molar-refractivity contribution is 0.278. The Hall–Kier alpha value is -0.570. The first kappa shape index (κ1) is 14.5. The molecule has 0 spiro atoms. The quantitative estimate of drug-likeness (QED) is 0.706. The molecule has 0 bridgehead atoms. The number of halogens is 1. The normalized spacial score (nSPS) is 12.5. The average molecular weight is 300 g/mol. The molecule has 2 nitrogen and oxygen atoms in total. The van der Waals surface area contributed by atoms with Gasteiger partial charge in [0.2, 0.25) is 0 Å². The van der Waals surface area contributed by atoms with Crippen molar-refractivity contribution in [2.75, 3.05) is 11.9 Å². The molecule has 1 unspecified atom stereocenters. The molecule has 0 radical (unpaired) electrons. The first-order valence-electron chi connectivity index (χ1n) is 6.32. The van der Waals surface area contributed by atoms with E-state index in [1.54, 1.807) is 0 Å². The molecule has 0 N–H and O–H groups in total. The lowest BCUT2D eigenvalue weighted by Gasteiger charge is -2.13. The summed E-state index contributed by atoms with van der Waals surface area (Å²) in [6.07, 6.45) is 3.23. The van der Waals surface area contributed by atoms with Crippen LogP contribution in [0.4, 0.5) is 0 Å². The highest BCUT2D eigenvalue weighted by molar-refractivity contribution is 9.09. The van der Waals surface area contributed by atoms with E-state index in [1.165, 1.54) is 6.42 Å². The van der Waals surface area contributed by atoms with Crippen LogP contribution in [-0.2, 0) is 6.42 Å². The van der Waals surface area contributed by atoms with Gasteiger partial charge in [-0.05, 0) is 44.2 Å². The standard InChI is InChI=1S/C14H22BrNO/c1-4-13-14(6-5-12(3)16-13)17-10-8-11(2)7-9-15/h5-6,11H,4,7-10H2,1-3H3. The highest BCUT2D eigenvalue weighted by Crippen LogP contribution is 2.18. The summed E-state index contributed by atoms with van der Waals surface area (Å²) < 4.78 is 5.82. The number of nitrogens with zero attached hydrogens (tertiary/aromatic N) is 1. The monoisotopic (exact) mass is 299 g/mol. The van der Waals surface area contributed by atoms with Gasteiger partial charge in [-0.25, -0.2) is 0 Å². The second-order valence-electron chi connectivity index (χ2n) is 4.47. The number of ether oxygens (including phenoxy) is 1. The summed E-state index contributed by atoms with van der Waals surface area (Å²) >= 11 is 3.47. The molecule has 96 valence electrons. The van der Waals surface area contributed by atoms with Crippen molar-refractivity contribution >= 4 is 15.9 Å². The van der Waals surface area contributed by atoms with Crippen molar-refractivity contribution in [1.82, 2.24) is 4.98 Å². The van der Waals surface area contributed by atoms with Gasteiger partial charge < -0.3 is 4.74 Å². The van der Waals surface area contributed by atoms with E-state index in [0.29, 0.717) is 5.92 Å². The predicted octanol–water partition coefficient (Wildman–Crippen LogP) is 4.14. The van der Waals surface area contributed by atoms with Crippen molar-refractivity contribution in [2.24, 2.45) is 5.92 Å². The number of pyridine rings is 1. The third-order valence-corrected chi connectivity index (χ3v) is 3.33. The zero-order chi connectivity index (χ0) is 12.7. The third-order valence-electron chi connectivity index (χ3n) is 2.88. The Morgan fingerprint density at radius 1 is 1.35 bits per heavy atom. The largest absolute Gasteiger partial charge is 0.492 e. The Bertz CT molecular complexity index is 341. The molecule has 0 aliphatic heterocycles. The van der Waals surface area contributed by atoms with Crippen molar-refractivity contribution < 1.29 is 4.74 Å². The highest BCUT2D eigenvalue weighted by Gasteiger charge is 2.05. The minimum Gasteiger partial charge on any atom is -0.492 e. The van der Waals surface area contributed by atoms with Gasteiger partial charge in [-0.2, -0.15) is 0 Å². The van der Waals surface area contributed by atoms with Crippen molar-refractivity contribution in [3.8, 4) is 5.75 Å². The van der Waals surface area contributed by atoms with Gasteiger partial charge in [0.1, 0.15) is 5.75 Å². The maximum absolute atomic E-state index is 5.82. The molecule has 0 saturated carbocycles. The lowest BCUT2D eigenvalue weighted by atomic mass is 10.1. The van der Waals surface area contributed by atoms with Gasteiger partial charge in [0.25, 0.3) is 0 Å². The molecule has 0 amide bonds. The Morgan fingerprint density at radius 3 is 2.76 bits per heavy atom. The number of rotatable bonds is 7. The van der Waals surface area contributed by atoms with Crippen molar-refractivity contribution in [3.05, 3.63) is 23.5 Å². The van der Waals surface area contributed by atoms with E-state index >= 15 is 0 Å². The zero-order valence-corrected chi connectivity index (χ0v) is 12.6. The summed E-state index contributed by atoms with van der Waals surface area (Å²) in [6, 6.07) is 4.05. The molecule has 1 atom stereocenters. The van der Waals surface area contributed by atoms with E-state index in [1.807, 2.05) is 19.1 Å². The molecule has 17 heavy (non-hydrogen) atoms. The summed E-state index contributed by atoms with van der Waals surface area (Å²) in [7, 11) is 0. The summed E-state index contributed by atoms with van der Waals surface area (Å²) in [5.74, 6) is 1.65. The smallest absolute Gasteiger partial charge is 0.140 e.